The highest BCUT2D eigenvalue weighted by Gasteiger charge is 2.20. The molecule has 0 aromatic heterocycles. The van der Waals surface area contributed by atoms with Gasteiger partial charge in [-0.05, 0) is 36.6 Å². The van der Waals surface area contributed by atoms with E-state index in [4.69, 9.17) is 5.73 Å². The minimum atomic E-state index is 0.208. The number of benzene rings is 1. The normalized spacial score (nSPS) is 14.8. The maximum Gasteiger partial charge on any atom is 0.227 e. The number of aryl methyl sites for hydroxylation is 1. The maximum atomic E-state index is 11.6. The number of amides is 1. The molecule has 3 N–H and O–H groups in total. The summed E-state index contributed by atoms with van der Waals surface area (Å²) in [4.78, 5) is 13.3. The summed E-state index contributed by atoms with van der Waals surface area (Å²) in [7, 11) is 1.85. The number of carbonyl (C=O) groups excluding carboxylic acids is 1. The highest BCUT2D eigenvalue weighted by molar-refractivity contribution is 5.95. The number of nitrogens with zero attached hydrogens (tertiary/aromatic N) is 1. The van der Waals surface area contributed by atoms with Gasteiger partial charge < -0.3 is 16.0 Å². The van der Waals surface area contributed by atoms with Crippen LogP contribution in [0.2, 0.25) is 0 Å². The van der Waals surface area contributed by atoms with E-state index >= 15 is 0 Å². The summed E-state index contributed by atoms with van der Waals surface area (Å²) in [6.07, 6.45) is 2.49. The van der Waals surface area contributed by atoms with E-state index in [0.29, 0.717) is 13.0 Å². The Labute approximate surface area is 108 Å². The van der Waals surface area contributed by atoms with Crippen molar-refractivity contribution in [2.45, 2.75) is 19.3 Å². The van der Waals surface area contributed by atoms with Crippen molar-refractivity contribution in [3.63, 3.8) is 0 Å². The topological polar surface area (TPSA) is 58.4 Å². The van der Waals surface area contributed by atoms with Crippen LogP contribution in [0.25, 0.3) is 0 Å². The Hall–Kier alpha value is -1.39. The van der Waals surface area contributed by atoms with Gasteiger partial charge in [0.25, 0.3) is 0 Å². The molecule has 1 heterocycles. The molecule has 2 rings (SSSR count). The average Bonchev–Trinajstić information content (AvgIpc) is 2.39. The smallest absolute Gasteiger partial charge is 0.227 e. The van der Waals surface area contributed by atoms with E-state index in [2.05, 4.69) is 23.5 Å². The Kier molecular flexibility index (Phi) is 4.33. The maximum absolute atomic E-state index is 11.6. The molecule has 0 unspecified atom stereocenters. The van der Waals surface area contributed by atoms with Gasteiger partial charge in [-0.15, -0.1) is 0 Å². The molecule has 98 valence electrons. The fraction of sp³-hybridized carbons (Fsp3) is 0.500. The van der Waals surface area contributed by atoms with Crippen LogP contribution in [-0.2, 0) is 17.6 Å². The van der Waals surface area contributed by atoms with Gasteiger partial charge in [0.1, 0.15) is 0 Å². The lowest BCUT2D eigenvalue weighted by Gasteiger charge is -2.26. The molecule has 1 aromatic rings. The number of rotatable bonds is 5. The van der Waals surface area contributed by atoms with Crippen molar-refractivity contribution >= 4 is 11.6 Å². The first-order chi connectivity index (χ1) is 8.72. The molecule has 0 spiro atoms. The predicted octanol–water partition coefficient (Wildman–Crippen LogP) is 0.686. The second kappa shape index (κ2) is 5.98. The molecule has 0 saturated heterocycles. The van der Waals surface area contributed by atoms with E-state index in [1.54, 1.807) is 4.90 Å². The Morgan fingerprint density at radius 3 is 2.94 bits per heavy atom. The minimum absolute atomic E-state index is 0.208. The van der Waals surface area contributed by atoms with Gasteiger partial charge in [-0.2, -0.15) is 0 Å². The van der Waals surface area contributed by atoms with Crippen LogP contribution in [0.5, 0.6) is 0 Å². The molecule has 0 atom stereocenters. The third-order valence-corrected chi connectivity index (χ3v) is 3.40. The van der Waals surface area contributed by atoms with E-state index in [9.17, 15) is 4.79 Å². The summed E-state index contributed by atoms with van der Waals surface area (Å²) >= 11 is 0. The number of nitrogens with two attached hydrogens (primary N) is 1. The lowest BCUT2D eigenvalue weighted by atomic mass is 9.98. The lowest BCUT2D eigenvalue weighted by Crippen LogP contribution is -2.31. The van der Waals surface area contributed by atoms with E-state index in [1.165, 1.54) is 11.1 Å². The molecule has 18 heavy (non-hydrogen) atoms. The highest BCUT2D eigenvalue weighted by atomic mass is 16.2. The summed E-state index contributed by atoms with van der Waals surface area (Å²) in [5, 5.41) is 3.29. The summed E-state index contributed by atoms with van der Waals surface area (Å²) in [5.41, 5.74) is 9.09. The molecule has 1 aliphatic rings. The highest BCUT2D eigenvalue weighted by Crippen LogP contribution is 2.27. The van der Waals surface area contributed by atoms with Crippen molar-refractivity contribution in [2.75, 3.05) is 31.6 Å². The molecule has 1 aromatic carbocycles. The number of fused-ring (bicyclic) bond motifs is 1. The van der Waals surface area contributed by atoms with Crippen LogP contribution < -0.4 is 16.0 Å². The molecule has 0 bridgehead atoms. The molecular weight excluding hydrogens is 226 g/mol. The van der Waals surface area contributed by atoms with Crippen molar-refractivity contribution in [1.82, 2.24) is 5.32 Å². The lowest BCUT2D eigenvalue weighted by molar-refractivity contribution is -0.118. The average molecular weight is 247 g/mol. The predicted molar refractivity (Wildman–Crippen MR) is 73.8 cm³/mol. The Bertz CT molecular complexity index is 431. The van der Waals surface area contributed by atoms with Gasteiger partial charge in [-0.3, -0.25) is 4.79 Å². The Morgan fingerprint density at radius 2 is 2.17 bits per heavy atom. The van der Waals surface area contributed by atoms with Crippen molar-refractivity contribution < 1.29 is 4.79 Å². The van der Waals surface area contributed by atoms with Crippen LogP contribution in [0, 0.1) is 0 Å². The number of hydrogen-bond acceptors (Lipinski definition) is 3. The summed E-state index contributed by atoms with van der Waals surface area (Å²) in [5.74, 6) is 0.208. The number of nitrogens with one attached hydrogen (secondary N) is 1. The first kappa shape index (κ1) is 13.1. The first-order valence-electron chi connectivity index (χ1n) is 6.51. The molecule has 0 fully saturated rings. The van der Waals surface area contributed by atoms with E-state index in [-0.39, 0.29) is 5.91 Å². The number of carbonyl (C=O) groups is 1. The van der Waals surface area contributed by atoms with Crippen LogP contribution >= 0.6 is 0 Å². The molecule has 1 amide bonds. The molecule has 0 radical (unpaired) electrons. The fourth-order valence-electron chi connectivity index (χ4n) is 2.33. The molecule has 4 heteroatoms. The van der Waals surface area contributed by atoms with E-state index < -0.39 is 0 Å². The van der Waals surface area contributed by atoms with E-state index in [0.717, 1.165) is 31.6 Å². The third kappa shape index (κ3) is 2.89. The van der Waals surface area contributed by atoms with Crippen molar-refractivity contribution in [3.05, 3.63) is 29.3 Å². The first-order valence-corrected chi connectivity index (χ1v) is 6.51. The van der Waals surface area contributed by atoms with Crippen LogP contribution in [0.4, 0.5) is 5.69 Å². The van der Waals surface area contributed by atoms with Gasteiger partial charge in [0, 0.05) is 32.2 Å². The van der Waals surface area contributed by atoms with Crippen molar-refractivity contribution in [1.29, 1.82) is 0 Å². The second-order valence-electron chi connectivity index (χ2n) is 4.70. The van der Waals surface area contributed by atoms with Crippen LogP contribution in [0.15, 0.2) is 18.2 Å². The van der Waals surface area contributed by atoms with Gasteiger partial charge >= 0.3 is 0 Å². The monoisotopic (exact) mass is 247 g/mol. The minimum Gasteiger partial charge on any atom is -0.329 e. The standard InChI is InChI=1S/C14H21N3O/c1-17-13-4-2-11(6-8-16-9-7-15)10-12(13)3-5-14(17)18/h2,4,10,16H,3,5-9,15H2,1H3. The summed E-state index contributed by atoms with van der Waals surface area (Å²) < 4.78 is 0. The molecule has 0 aliphatic carbocycles. The quantitative estimate of drug-likeness (QED) is 0.753. The summed E-state index contributed by atoms with van der Waals surface area (Å²) in [6.45, 7) is 2.49. The van der Waals surface area contributed by atoms with Crippen molar-refractivity contribution in [3.8, 4) is 0 Å². The molecule has 0 saturated carbocycles. The van der Waals surface area contributed by atoms with Gasteiger partial charge in [0.2, 0.25) is 5.91 Å². The summed E-state index contributed by atoms with van der Waals surface area (Å²) in [6, 6.07) is 6.39. The molecule has 1 aliphatic heterocycles. The molecule has 4 nitrogen and oxygen atoms in total. The fourth-order valence-corrected chi connectivity index (χ4v) is 2.33. The van der Waals surface area contributed by atoms with Crippen LogP contribution in [0.3, 0.4) is 0 Å². The largest absolute Gasteiger partial charge is 0.329 e. The SMILES string of the molecule is CN1C(=O)CCc2cc(CCNCCN)ccc21. The second-order valence-corrected chi connectivity index (χ2v) is 4.70. The number of anilines is 1. The Morgan fingerprint density at radius 1 is 1.33 bits per heavy atom. The van der Waals surface area contributed by atoms with Gasteiger partial charge in [0.15, 0.2) is 0 Å². The third-order valence-electron chi connectivity index (χ3n) is 3.40. The number of hydrogen-bond donors (Lipinski definition) is 2. The van der Waals surface area contributed by atoms with Crippen LogP contribution in [0.1, 0.15) is 17.5 Å². The Balaban J connectivity index is 2.01. The van der Waals surface area contributed by atoms with Crippen LogP contribution in [-0.4, -0.2) is 32.6 Å². The zero-order chi connectivity index (χ0) is 13.0. The zero-order valence-electron chi connectivity index (χ0n) is 10.9. The van der Waals surface area contributed by atoms with Gasteiger partial charge in [0.05, 0.1) is 0 Å². The zero-order valence-corrected chi connectivity index (χ0v) is 10.9. The van der Waals surface area contributed by atoms with Gasteiger partial charge in [-0.1, -0.05) is 12.1 Å². The van der Waals surface area contributed by atoms with Gasteiger partial charge in [-0.25, -0.2) is 0 Å². The van der Waals surface area contributed by atoms with Crippen molar-refractivity contribution in [2.24, 2.45) is 5.73 Å². The molecular formula is C14H21N3O. The van der Waals surface area contributed by atoms with E-state index in [1.807, 2.05) is 7.05 Å².